The van der Waals surface area contributed by atoms with Crippen molar-refractivity contribution < 1.29 is 4.39 Å². The van der Waals surface area contributed by atoms with Crippen LogP contribution < -0.4 is 5.73 Å². The molecule has 2 rings (SSSR count). The molecule has 0 amide bonds. The van der Waals surface area contributed by atoms with Crippen LogP contribution in [0.1, 0.15) is 30.4 Å². The molecule has 0 aromatic heterocycles. The molecule has 100 valence electrons. The number of rotatable bonds is 5. The molecule has 0 bridgehead atoms. The van der Waals surface area contributed by atoms with E-state index in [0.29, 0.717) is 12.0 Å². The largest absolute Gasteiger partial charge is 0.327 e. The molecule has 0 saturated carbocycles. The Morgan fingerprint density at radius 1 is 1.00 bits per heavy atom. The van der Waals surface area contributed by atoms with Gasteiger partial charge in [0.15, 0.2) is 0 Å². The van der Waals surface area contributed by atoms with Crippen molar-refractivity contribution >= 4 is 0 Å². The maximum absolute atomic E-state index is 13.7. The minimum Gasteiger partial charge on any atom is -0.327 e. The van der Waals surface area contributed by atoms with E-state index in [4.69, 9.17) is 5.73 Å². The van der Waals surface area contributed by atoms with Gasteiger partial charge in [0, 0.05) is 6.04 Å². The van der Waals surface area contributed by atoms with Crippen molar-refractivity contribution in [2.45, 2.75) is 31.7 Å². The fraction of sp³-hybridized carbons (Fsp3) is 0.294. The van der Waals surface area contributed by atoms with Crippen LogP contribution in [0.25, 0.3) is 0 Å². The van der Waals surface area contributed by atoms with Crippen molar-refractivity contribution in [3.05, 3.63) is 71.5 Å². The van der Waals surface area contributed by atoms with Gasteiger partial charge in [-0.1, -0.05) is 55.5 Å². The molecule has 0 fully saturated rings. The van der Waals surface area contributed by atoms with Crippen LogP contribution in [0.2, 0.25) is 0 Å². The van der Waals surface area contributed by atoms with Crippen LogP contribution in [0.5, 0.6) is 0 Å². The monoisotopic (exact) mass is 257 g/mol. The van der Waals surface area contributed by atoms with E-state index in [9.17, 15) is 4.39 Å². The summed E-state index contributed by atoms with van der Waals surface area (Å²) in [4.78, 5) is 0. The second-order valence-corrected chi connectivity index (χ2v) is 4.88. The van der Waals surface area contributed by atoms with Crippen LogP contribution in [0, 0.1) is 5.82 Å². The van der Waals surface area contributed by atoms with Gasteiger partial charge in [-0.3, -0.25) is 0 Å². The van der Waals surface area contributed by atoms with E-state index in [-0.39, 0.29) is 17.8 Å². The van der Waals surface area contributed by atoms with Crippen LogP contribution in [0.3, 0.4) is 0 Å². The van der Waals surface area contributed by atoms with Gasteiger partial charge in [0.2, 0.25) is 0 Å². The lowest BCUT2D eigenvalue weighted by Crippen LogP contribution is -2.30. The van der Waals surface area contributed by atoms with Gasteiger partial charge in [0.05, 0.1) is 0 Å². The molecule has 2 heteroatoms. The van der Waals surface area contributed by atoms with Gasteiger partial charge in [-0.05, 0) is 36.0 Å². The highest BCUT2D eigenvalue weighted by Gasteiger charge is 2.19. The first-order valence-electron chi connectivity index (χ1n) is 6.76. The molecule has 2 unspecified atom stereocenters. The number of benzene rings is 2. The Balaban J connectivity index is 2.14. The molecule has 19 heavy (non-hydrogen) atoms. The van der Waals surface area contributed by atoms with Crippen LogP contribution >= 0.6 is 0 Å². The lowest BCUT2D eigenvalue weighted by Gasteiger charge is -2.23. The highest BCUT2D eigenvalue weighted by Crippen LogP contribution is 2.24. The standard InChI is InChI=1S/C17H20FN/c1-2-15(13-8-4-3-5-9-13)17(19)12-14-10-6-7-11-16(14)18/h3-11,15,17H,2,12,19H2,1H3. The minimum atomic E-state index is -0.166. The molecule has 1 nitrogen and oxygen atoms in total. The van der Waals surface area contributed by atoms with Gasteiger partial charge in [-0.2, -0.15) is 0 Å². The lowest BCUT2D eigenvalue weighted by atomic mass is 9.86. The van der Waals surface area contributed by atoms with Crippen LogP contribution in [-0.2, 0) is 6.42 Å². The summed E-state index contributed by atoms with van der Waals surface area (Å²) >= 11 is 0. The number of nitrogens with two attached hydrogens (primary N) is 1. The van der Waals surface area contributed by atoms with E-state index in [2.05, 4.69) is 19.1 Å². The van der Waals surface area contributed by atoms with Gasteiger partial charge >= 0.3 is 0 Å². The molecule has 2 atom stereocenters. The molecule has 0 aliphatic heterocycles. The zero-order valence-electron chi connectivity index (χ0n) is 11.2. The van der Waals surface area contributed by atoms with E-state index in [0.717, 1.165) is 6.42 Å². The average Bonchev–Trinajstić information content (AvgIpc) is 2.43. The van der Waals surface area contributed by atoms with Crippen molar-refractivity contribution in [1.82, 2.24) is 0 Å². The Kier molecular flexibility index (Phi) is 4.69. The zero-order chi connectivity index (χ0) is 13.7. The molecule has 0 saturated heterocycles. The highest BCUT2D eigenvalue weighted by molar-refractivity contribution is 5.24. The first-order chi connectivity index (χ1) is 9.22. The first-order valence-corrected chi connectivity index (χ1v) is 6.76. The molecule has 2 N–H and O–H groups in total. The summed E-state index contributed by atoms with van der Waals surface area (Å²) in [6, 6.07) is 17.0. The molecule has 0 spiro atoms. The summed E-state index contributed by atoms with van der Waals surface area (Å²) < 4.78 is 13.7. The van der Waals surface area contributed by atoms with Gasteiger partial charge in [0.1, 0.15) is 5.82 Å². The highest BCUT2D eigenvalue weighted by atomic mass is 19.1. The average molecular weight is 257 g/mol. The molecule has 0 aliphatic carbocycles. The molecule has 0 heterocycles. The maximum atomic E-state index is 13.7. The predicted molar refractivity (Wildman–Crippen MR) is 77.6 cm³/mol. The fourth-order valence-corrected chi connectivity index (χ4v) is 2.55. The summed E-state index contributed by atoms with van der Waals surface area (Å²) in [6.07, 6.45) is 1.53. The molecular formula is C17H20FN. The van der Waals surface area contributed by atoms with Crippen molar-refractivity contribution in [1.29, 1.82) is 0 Å². The topological polar surface area (TPSA) is 26.0 Å². The third-order valence-corrected chi connectivity index (χ3v) is 3.60. The Bertz CT molecular complexity index is 510. The Morgan fingerprint density at radius 2 is 1.63 bits per heavy atom. The summed E-state index contributed by atoms with van der Waals surface area (Å²) in [5.74, 6) is 0.0988. The fourth-order valence-electron chi connectivity index (χ4n) is 2.55. The van der Waals surface area contributed by atoms with Crippen molar-refractivity contribution in [2.75, 3.05) is 0 Å². The van der Waals surface area contributed by atoms with E-state index in [1.165, 1.54) is 11.6 Å². The Morgan fingerprint density at radius 3 is 2.26 bits per heavy atom. The van der Waals surface area contributed by atoms with Crippen LogP contribution in [0.4, 0.5) is 4.39 Å². The van der Waals surface area contributed by atoms with E-state index in [1.54, 1.807) is 6.07 Å². The zero-order valence-corrected chi connectivity index (χ0v) is 11.2. The Hall–Kier alpha value is -1.67. The Labute approximate surface area is 114 Å². The summed E-state index contributed by atoms with van der Waals surface area (Å²) in [5, 5.41) is 0. The first kappa shape index (κ1) is 13.8. The van der Waals surface area contributed by atoms with E-state index in [1.807, 2.05) is 30.3 Å². The number of hydrogen-bond donors (Lipinski definition) is 1. The SMILES string of the molecule is CCC(c1ccccc1)C(N)Cc1ccccc1F. The van der Waals surface area contributed by atoms with Crippen LogP contribution in [-0.4, -0.2) is 6.04 Å². The van der Waals surface area contributed by atoms with E-state index < -0.39 is 0 Å². The molecule has 2 aromatic carbocycles. The van der Waals surface area contributed by atoms with Crippen molar-refractivity contribution in [3.8, 4) is 0 Å². The molecule has 0 radical (unpaired) electrons. The summed E-state index contributed by atoms with van der Waals surface area (Å²) in [7, 11) is 0. The normalized spacial score (nSPS) is 14.1. The second kappa shape index (κ2) is 6.48. The quantitative estimate of drug-likeness (QED) is 0.864. The smallest absolute Gasteiger partial charge is 0.126 e. The molecule has 2 aromatic rings. The number of halogens is 1. The third kappa shape index (κ3) is 3.42. The van der Waals surface area contributed by atoms with Gasteiger partial charge < -0.3 is 5.73 Å². The van der Waals surface area contributed by atoms with E-state index >= 15 is 0 Å². The molecule has 0 aliphatic rings. The minimum absolute atomic E-state index is 0.0655. The summed E-state index contributed by atoms with van der Waals surface area (Å²) in [6.45, 7) is 2.12. The van der Waals surface area contributed by atoms with Crippen LogP contribution in [0.15, 0.2) is 54.6 Å². The van der Waals surface area contributed by atoms with Gasteiger partial charge in [-0.15, -0.1) is 0 Å². The molecular weight excluding hydrogens is 237 g/mol. The maximum Gasteiger partial charge on any atom is 0.126 e. The van der Waals surface area contributed by atoms with Crippen molar-refractivity contribution in [2.24, 2.45) is 5.73 Å². The van der Waals surface area contributed by atoms with Crippen molar-refractivity contribution in [3.63, 3.8) is 0 Å². The third-order valence-electron chi connectivity index (χ3n) is 3.60. The predicted octanol–water partition coefficient (Wildman–Crippen LogP) is 3.89. The lowest BCUT2D eigenvalue weighted by molar-refractivity contribution is 0.502. The van der Waals surface area contributed by atoms with Gasteiger partial charge in [0.25, 0.3) is 0 Å². The second-order valence-electron chi connectivity index (χ2n) is 4.88. The summed E-state index contributed by atoms with van der Waals surface area (Å²) in [5.41, 5.74) is 8.22. The van der Waals surface area contributed by atoms with Gasteiger partial charge in [-0.25, -0.2) is 4.39 Å². The number of hydrogen-bond acceptors (Lipinski definition) is 1.